The van der Waals surface area contributed by atoms with E-state index < -0.39 is 0 Å². The van der Waals surface area contributed by atoms with Gasteiger partial charge in [0.1, 0.15) is 5.75 Å². The molecule has 0 radical (unpaired) electrons. The number of aromatic nitrogens is 2. The molecule has 2 N–H and O–H groups in total. The van der Waals surface area contributed by atoms with Gasteiger partial charge >= 0.3 is 0 Å². The maximum absolute atomic E-state index is 11.6. The van der Waals surface area contributed by atoms with Gasteiger partial charge in [0.15, 0.2) is 5.82 Å². The molecule has 1 aromatic carbocycles. The van der Waals surface area contributed by atoms with E-state index in [2.05, 4.69) is 31.4 Å². The standard InChI is InChI=1S/C14H16BrN3O2/c1-20-11-5-2-4-10(8-11)12-9-13(18-17-12)16-14(19)6-3-7-15/h2,4-5,8-9H,3,6-7H2,1H3,(H2,16,17,18,19). The monoisotopic (exact) mass is 337 g/mol. The van der Waals surface area contributed by atoms with E-state index in [9.17, 15) is 4.79 Å². The Morgan fingerprint density at radius 1 is 1.45 bits per heavy atom. The molecular weight excluding hydrogens is 322 g/mol. The second-order valence-electron chi connectivity index (χ2n) is 4.24. The lowest BCUT2D eigenvalue weighted by molar-refractivity contribution is -0.116. The SMILES string of the molecule is COc1cccc(-c2cc(NC(=O)CCCBr)n[nH]2)c1. The molecule has 106 valence electrons. The number of methoxy groups -OCH3 is 1. The molecule has 0 aliphatic heterocycles. The minimum Gasteiger partial charge on any atom is -0.497 e. The molecule has 1 heterocycles. The number of carbonyl (C=O) groups excluding carboxylic acids is 1. The number of nitrogens with zero attached hydrogens (tertiary/aromatic N) is 1. The number of hydrogen-bond donors (Lipinski definition) is 2. The molecule has 0 saturated carbocycles. The number of nitrogens with one attached hydrogen (secondary N) is 2. The molecule has 0 atom stereocenters. The van der Waals surface area contributed by atoms with Crippen LogP contribution in [0.15, 0.2) is 30.3 Å². The van der Waals surface area contributed by atoms with Crippen molar-refractivity contribution in [2.24, 2.45) is 0 Å². The molecule has 0 bridgehead atoms. The van der Waals surface area contributed by atoms with Crippen LogP contribution in [0.5, 0.6) is 5.75 Å². The maximum Gasteiger partial charge on any atom is 0.225 e. The number of anilines is 1. The first kappa shape index (κ1) is 14.6. The number of carbonyl (C=O) groups is 1. The van der Waals surface area contributed by atoms with E-state index in [1.165, 1.54) is 0 Å². The summed E-state index contributed by atoms with van der Waals surface area (Å²) in [5.74, 6) is 1.27. The number of alkyl halides is 1. The Hall–Kier alpha value is -1.82. The summed E-state index contributed by atoms with van der Waals surface area (Å²) in [7, 11) is 1.63. The van der Waals surface area contributed by atoms with Crippen LogP contribution < -0.4 is 10.1 Å². The number of hydrogen-bond acceptors (Lipinski definition) is 3. The van der Waals surface area contributed by atoms with E-state index in [0.29, 0.717) is 12.2 Å². The van der Waals surface area contributed by atoms with Gasteiger partial charge < -0.3 is 10.1 Å². The van der Waals surface area contributed by atoms with Crippen LogP contribution in [0.25, 0.3) is 11.3 Å². The number of H-pyrrole nitrogens is 1. The van der Waals surface area contributed by atoms with E-state index in [-0.39, 0.29) is 5.91 Å². The lowest BCUT2D eigenvalue weighted by Gasteiger charge is -2.01. The highest BCUT2D eigenvalue weighted by atomic mass is 79.9. The third-order valence-electron chi connectivity index (χ3n) is 2.76. The molecule has 0 aliphatic rings. The summed E-state index contributed by atoms with van der Waals surface area (Å²) in [6.07, 6.45) is 1.28. The first-order valence-electron chi connectivity index (χ1n) is 6.28. The van der Waals surface area contributed by atoms with Crippen molar-refractivity contribution in [2.45, 2.75) is 12.8 Å². The summed E-state index contributed by atoms with van der Waals surface area (Å²) in [6, 6.07) is 9.45. The predicted molar refractivity (Wildman–Crippen MR) is 82.2 cm³/mol. The Bertz CT molecular complexity index is 583. The summed E-state index contributed by atoms with van der Waals surface area (Å²) < 4.78 is 5.18. The first-order chi connectivity index (χ1) is 9.72. The third-order valence-corrected chi connectivity index (χ3v) is 3.32. The lowest BCUT2D eigenvalue weighted by Crippen LogP contribution is -2.11. The van der Waals surface area contributed by atoms with Gasteiger partial charge in [-0.3, -0.25) is 9.89 Å². The van der Waals surface area contributed by atoms with Crippen molar-refractivity contribution in [1.82, 2.24) is 10.2 Å². The van der Waals surface area contributed by atoms with Crippen molar-refractivity contribution in [3.05, 3.63) is 30.3 Å². The Morgan fingerprint density at radius 2 is 2.30 bits per heavy atom. The van der Waals surface area contributed by atoms with Crippen LogP contribution in [-0.4, -0.2) is 28.5 Å². The minimum atomic E-state index is -0.0341. The smallest absolute Gasteiger partial charge is 0.225 e. The van der Waals surface area contributed by atoms with Crippen LogP contribution >= 0.6 is 15.9 Å². The second-order valence-corrected chi connectivity index (χ2v) is 5.03. The van der Waals surface area contributed by atoms with Gasteiger partial charge in [-0.05, 0) is 18.6 Å². The van der Waals surface area contributed by atoms with Crippen LogP contribution in [-0.2, 0) is 4.79 Å². The van der Waals surface area contributed by atoms with Gasteiger partial charge in [-0.15, -0.1) is 0 Å². The summed E-state index contributed by atoms with van der Waals surface area (Å²) in [4.78, 5) is 11.6. The van der Waals surface area contributed by atoms with Crippen LogP contribution in [0.3, 0.4) is 0 Å². The van der Waals surface area contributed by atoms with E-state index in [0.717, 1.165) is 28.8 Å². The molecule has 0 aliphatic carbocycles. The van der Waals surface area contributed by atoms with E-state index in [4.69, 9.17) is 4.74 Å². The van der Waals surface area contributed by atoms with Crippen LogP contribution in [0, 0.1) is 0 Å². The molecule has 5 nitrogen and oxygen atoms in total. The minimum absolute atomic E-state index is 0.0341. The molecule has 1 amide bonds. The highest BCUT2D eigenvalue weighted by Gasteiger charge is 2.07. The molecule has 1 aromatic heterocycles. The highest BCUT2D eigenvalue weighted by molar-refractivity contribution is 9.09. The van der Waals surface area contributed by atoms with Crippen LogP contribution in [0.2, 0.25) is 0 Å². The zero-order valence-corrected chi connectivity index (χ0v) is 12.7. The molecule has 2 rings (SSSR count). The lowest BCUT2D eigenvalue weighted by atomic mass is 10.1. The van der Waals surface area contributed by atoms with Gasteiger partial charge in [0.2, 0.25) is 5.91 Å². The van der Waals surface area contributed by atoms with Crippen molar-refractivity contribution in [3.8, 4) is 17.0 Å². The number of ether oxygens (including phenoxy) is 1. The van der Waals surface area contributed by atoms with Gasteiger partial charge in [0.05, 0.1) is 12.8 Å². The Labute approximate surface area is 125 Å². The van der Waals surface area contributed by atoms with E-state index in [1.807, 2.05) is 24.3 Å². The summed E-state index contributed by atoms with van der Waals surface area (Å²) in [5.41, 5.74) is 1.79. The summed E-state index contributed by atoms with van der Waals surface area (Å²) in [5, 5.41) is 10.6. The number of amides is 1. The Balaban J connectivity index is 2.06. The number of aromatic amines is 1. The number of halogens is 1. The Kier molecular flexibility index (Phi) is 5.17. The zero-order chi connectivity index (χ0) is 14.4. The van der Waals surface area contributed by atoms with Crippen molar-refractivity contribution in [3.63, 3.8) is 0 Å². The molecular formula is C14H16BrN3O2. The quantitative estimate of drug-likeness (QED) is 0.795. The fourth-order valence-corrected chi connectivity index (χ4v) is 2.04. The summed E-state index contributed by atoms with van der Waals surface area (Å²) >= 11 is 3.30. The average molecular weight is 338 g/mol. The molecule has 0 unspecified atom stereocenters. The van der Waals surface area contributed by atoms with Crippen molar-refractivity contribution in [1.29, 1.82) is 0 Å². The van der Waals surface area contributed by atoms with Crippen LogP contribution in [0.4, 0.5) is 5.82 Å². The van der Waals surface area contributed by atoms with Gasteiger partial charge in [-0.25, -0.2) is 0 Å². The molecule has 0 fully saturated rings. The normalized spacial score (nSPS) is 10.3. The van der Waals surface area contributed by atoms with Gasteiger partial charge in [0.25, 0.3) is 0 Å². The zero-order valence-electron chi connectivity index (χ0n) is 11.1. The average Bonchev–Trinajstić information content (AvgIpc) is 2.93. The third kappa shape index (κ3) is 3.84. The number of benzene rings is 1. The predicted octanol–water partition coefficient (Wildman–Crippen LogP) is 3.20. The van der Waals surface area contributed by atoms with Crippen molar-refractivity contribution < 1.29 is 9.53 Å². The van der Waals surface area contributed by atoms with Gasteiger partial charge in [-0.2, -0.15) is 5.10 Å². The van der Waals surface area contributed by atoms with Gasteiger partial charge in [-0.1, -0.05) is 28.1 Å². The maximum atomic E-state index is 11.6. The highest BCUT2D eigenvalue weighted by Crippen LogP contribution is 2.23. The van der Waals surface area contributed by atoms with Crippen LogP contribution in [0.1, 0.15) is 12.8 Å². The first-order valence-corrected chi connectivity index (χ1v) is 7.40. The molecule has 0 saturated heterocycles. The largest absolute Gasteiger partial charge is 0.497 e. The molecule has 0 spiro atoms. The topological polar surface area (TPSA) is 67.0 Å². The van der Waals surface area contributed by atoms with Gasteiger partial charge in [0, 0.05) is 23.4 Å². The Morgan fingerprint density at radius 3 is 3.05 bits per heavy atom. The molecule has 2 aromatic rings. The van der Waals surface area contributed by atoms with E-state index >= 15 is 0 Å². The fraction of sp³-hybridized carbons (Fsp3) is 0.286. The second kappa shape index (κ2) is 7.09. The number of rotatable bonds is 6. The van der Waals surface area contributed by atoms with Crippen molar-refractivity contribution in [2.75, 3.05) is 17.8 Å². The fourth-order valence-electron chi connectivity index (χ4n) is 1.76. The molecule has 6 heteroatoms. The molecule has 20 heavy (non-hydrogen) atoms. The summed E-state index contributed by atoms with van der Waals surface area (Å²) in [6.45, 7) is 0. The van der Waals surface area contributed by atoms with E-state index in [1.54, 1.807) is 13.2 Å². The van der Waals surface area contributed by atoms with Crippen molar-refractivity contribution >= 4 is 27.7 Å².